The third-order valence-electron chi connectivity index (χ3n) is 3.04. The van der Waals surface area contributed by atoms with Crippen LogP contribution in [-0.4, -0.2) is 28.2 Å². The van der Waals surface area contributed by atoms with Crippen molar-refractivity contribution < 1.29 is 4.74 Å². The van der Waals surface area contributed by atoms with Crippen molar-refractivity contribution in [2.45, 2.75) is 37.5 Å². The molecule has 0 saturated carbocycles. The van der Waals surface area contributed by atoms with Crippen molar-refractivity contribution in [3.05, 3.63) is 17.4 Å². The Balaban J connectivity index is 1.68. The van der Waals surface area contributed by atoms with Gasteiger partial charge in [0.2, 0.25) is 5.95 Å². The topological polar surface area (TPSA) is 47.0 Å². The van der Waals surface area contributed by atoms with E-state index in [1.54, 1.807) is 12.4 Å². The summed E-state index contributed by atoms with van der Waals surface area (Å²) in [5.41, 5.74) is 0. The third-order valence-corrected chi connectivity index (χ3v) is 3.24. The van der Waals surface area contributed by atoms with Gasteiger partial charge in [-0.25, -0.2) is 9.97 Å². The number of rotatable bonds is 2. The van der Waals surface area contributed by atoms with E-state index < -0.39 is 0 Å². The molecule has 3 atom stereocenters. The first-order chi connectivity index (χ1) is 7.31. The van der Waals surface area contributed by atoms with E-state index >= 15 is 0 Å². The molecule has 2 saturated heterocycles. The van der Waals surface area contributed by atoms with E-state index in [1.165, 1.54) is 6.42 Å². The second-order valence-electron chi connectivity index (χ2n) is 4.09. The summed E-state index contributed by atoms with van der Waals surface area (Å²) >= 11 is 5.71. The molecule has 0 amide bonds. The Morgan fingerprint density at radius 2 is 2.13 bits per heavy atom. The van der Waals surface area contributed by atoms with E-state index in [0.29, 0.717) is 29.2 Å². The second-order valence-corrected chi connectivity index (χ2v) is 4.52. The minimum absolute atomic E-state index is 0.342. The molecular weight excluding hydrogens is 214 g/mol. The predicted molar refractivity (Wildman–Crippen MR) is 57.0 cm³/mol. The van der Waals surface area contributed by atoms with Gasteiger partial charge in [-0.2, -0.15) is 0 Å². The van der Waals surface area contributed by atoms with Gasteiger partial charge in [-0.1, -0.05) is 11.6 Å². The molecule has 4 nitrogen and oxygen atoms in total. The van der Waals surface area contributed by atoms with Gasteiger partial charge >= 0.3 is 0 Å². The van der Waals surface area contributed by atoms with Crippen LogP contribution in [0.15, 0.2) is 12.4 Å². The lowest BCUT2D eigenvalue weighted by molar-refractivity contribution is 0.102. The zero-order valence-corrected chi connectivity index (χ0v) is 8.94. The van der Waals surface area contributed by atoms with E-state index in [1.807, 2.05) is 0 Å². The highest BCUT2D eigenvalue weighted by Crippen LogP contribution is 2.35. The summed E-state index contributed by atoms with van der Waals surface area (Å²) in [4.78, 5) is 8.23. The molecule has 15 heavy (non-hydrogen) atoms. The van der Waals surface area contributed by atoms with Crippen LogP contribution in [0.2, 0.25) is 5.02 Å². The lowest BCUT2D eigenvalue weighted by atomic mass is 9.96. The molecule has 80 valence electrons. The van der Waals surface area contributed by atoms with Gasteiger partial charge in [-0.15, -0.1) is 0 Å². The molecule has 3 rings (SSSR count). The molecule has 2 fully saturated rings. The van der Waals surface area contributed by atoms with Crippen LogP contribution in [0.4, 0.5) is 5.95 Å². The monoisotopic (exact) mass is 225 g/mol. The third kappa shape index (κ3) is 1.79. The first kappa shape index (κ1) is 9.36. The maximum atomic E-state index is 5.74. The van der Waals surface area contributed by atoms with Gasteiger partial charge in [0.1, 0.15) is 0 Å². The zero-order chi connectivity index (χ0) is 10.3. The fourth-order valence-electron chi connectivity index (χ4n) is 2.34. The quantitative estimate of drug-likeness (QED) is 0.835. The van der Waals surface area contributed by atoms with Crippen LogP contribution in [0.5, 0.6) is 0 Å². The van der Waals surface area contributed by atoms with Gasteiger partial charge in [0.25, 0.3) is 0 Å². The highest BCUT2D eigenvalue weighted by Gasteiger charge is 2.40. The largest absolute Gasteiger partial charge is 0.373 e. The summed E-state index contributed by atoms with van der Waals surface area (Å²) in [7, 11) is 0. The minimum Gasteiger partial charge on any atom is -0.373 e. The standard InChI is InChI=1S/C10H12ClN3O/c11-6-4-12-10(13-5-6)14-8-3-7-1-2-9(8)15-7/h4-5,7-9H,1-3H2,(H,12,13,14). The smallest absolute Gasteiger partial charge is 0.222 e. The van der Waals surface area contributed by atoms with Crippen molar-refractivity contribution in [3.8, 4) is 0 Å². The molecule has 0 aromatic carbocycles. The number of nitrogens with one attached hydrogen (secondary N) is 1. The Kier molecular flexibility index (Phi) is 2.25. The van der Waals surface area contributed by atoms with E-state index in [2.05, 4.69) is 15.3 Å². The minimum atomic E-state index is 0.342. The van der Waals surface area contributed by atoms with Crippen molar-refractivity contribution in [1.82, 2.24) is 9.97 Å². The van der Waals surface area contributed by atoms with Crippen molar-refractivity contribution >= 4 is 17.5 Å². The number of fused-ring (bicyclic) bond motifs is 2. The lowest BCUT2D eigenvalue weighted by Crippen LogP contribution is -2.31. The number of hydrogen-bond acceptors (Lipinski definition) is 4. The van der Waals surface area contributed by atoms with Gasteiger partial charge in [0.05, 0.1) is 35.7 Å². The van der Waals surface area contributed by atoms with E-state index in [0.717, 1.165) is 12.8 Å². The number of halogens is 1. The van der Waals surface area contributed by atoms with Gasteiger partial charge < -0.3 is 10.1 Å². The lowest BCUT2D eigenvalue weighted by Gasteiger charge is -2.19. The molecule has 1 aromatic heterocycles. The SMILES string of the molecule is Clc1cnc(NC2CC3CCC2O3)nc1. The molecule has 2 bridgehead atoms. The predicted octanol–water partition coefficient (Wildman–Crippen LogP) is 1.86. The Hall–Kier alpha value is -0.870. The second kappa shape index (κ2) is 3.61. The summed E-state index contributed by atoms with van der Waals surface area (Å²) in [5.74, 6) is 0.639. The Labute approximate surface area is 93.0 Å². The fourth-order valence-corrected chi connectivity index (χ4v) is 2.44. The number of ether oxygens (including phenoxy) is 1. The van der Waals surface area contributed by atoms with E-state index in [-0.39, 0.29) is 0 Å². The zero-order valence-electron chi connectivity index (χ0n) is 8.19. The Morgan fingerprint density at radius 3 is 2.73 bits per heavy atom. The molecule has 2 aliphatic heterocycles. The summed E-state index contributed by atoms with van der Waals surface area (Å²) in [6, 6.07) is 0.366. The van der Waals surface area contributed by atoms with Crippen LogP contribution in [0.3, 0.4) is 0 Å². The number of nitrogens with zero attached hydrogens (tertiary/aromatic N) is 2. The van der Waals surface area contributed by atoms with Crippen LogP contribution in [0.1, 0.15) is 19.3 Å². The molecular formula is C10H12ClN3O. The van der Waals surface area contributed by atoms with Gasteiger partial charge in [0, 0.05) is 0 Å². The van der Waals surface area contributed by atoms with Crippen molar-refractivity contribution in [2.75, 3.05) is 5.32 Å². The average Bonchev–Trinajstić information content (AvgIpc) is 2.83. The van der Waals surface area contributed by atoms with Crippen LogP contribution in [0, 0.1) is 0 Å². The molecule has 1 N–H and O–H groups in total. The van der Waals surface area contributed by atoms with Crippen molar-refractivity contribution in [3.63, 3.8) is 0 Å². The number of hydrogen-bond donors (Lipinski definition) is 1. The normalized spacial score (nSPS) is 33.3. The molecule has 3 heterocycles. The molecule has 0 spiro atoms. The van der Waals surface area contributed by atoms with Gasteiger partial charge in [0.15, 0.2) is 0 Å². The average molecular weight is 226 g/mol. The summed E-state index contributed by atoms with van der Waals surface area (Å²) in [6.07, 6.45) is 7.40. The number of aromatic nitrogens is 2. The van der Waals surface area contributed by atoms with E-state index in [4.69, 9.17) is 16.3 Å². The Morgan fingerprint density at radius 1 is 1.33 bits per heavy atom. The molecule has 0 aliphatic carbocycles. The highest BCUT2D eigenvalue weighted by molar-refractivity contribution is 6.30. The summed E-state index contributed by atoms with van der Waals surface area (Å²) in [5, 5.41) is 3.85. The van der Waals surface area contributed by atoms with Crippen LogP contribution < -0.4 is 5.32 Å². The summed E-state index contributed by atoms with van der Waals surface area (Å²) in [6.45, 7) is 0. The Bertz CT molecular complexity index is 356. The van der Waals surface area contributed by atoms with E-state index in [9.17, 15) is 0 Å². The molecule has 5 heteroatoms. The maximum Gasteiger partial charge on any atom is 0.222 e. The number of anilines is 1. The van der Waals surface area contributed by atoms with Crippen LogP contribution >= 0.6 is 11.6 Å². The first-order valence-electron chi connectivity index (χ1n) is 5.21. The molecule has 2 aliphatic rings. The first-order valence-corrected chi connectivity index (χ1v) is 5.58. The summed E-state index contributed by atoms with van der Waals surface area (Å²) < 4.78 is 5.74. The molecule has 3 unspecified atom stereocenters. The van der Waals surface area contributed by atoms with Crippen LogP contribution in [0.25, 0.3) is 0 Å². The molecule has 1 aromatic rings. The fraction of sp³-hybridized carbons (Fsp3) is 0.600. The van der Waals surface area contributed by atoms with Crippen molar-refractivity contribution in [1.29, 1.82) is 0 Å². The maximum absolute atomic E-state index is 5.74. The van der Waals surface area contributed by atoms with Gasteiger partial charge in [-0.05, 0) is 19.3 Å². The van der Waals surface area contributed by atoms with Crippen molar-refractivity contribution in [2.24, 2.45) is 0 Å². The van der Waals surface area contributed by atoms with Crippen LogP contribution in [-0.2, 0) is 4.74 Å². The molecule has 0 radical (unpaired) electrons. The highest BCUT2D eigenvalue weighted by atomic mass is 35.5. The van der Waals surface area contributed by atoms with Gasteiger partial charge in [-0.3, -0.25) is 0 Å².